The highest BCUT2D eigenvalue weighted by Gasteiger charge is 2.18. The summed E-state index contributed by atoms with van der Waals surface area (Å²) in [7, 11) is 0. The molecule has 0 saturated carbocycles. The van der Waals surface area contributed by atoms with Gasteiger partial charge in [-0.15, -0.1) is 22.7 Å². The highest BCUT2D eigenvalue weighted by atomic mass is 32.1. The van der Waals surface area contributed by atoms with Gasteiger partial charge in [-0.2, -0.15) is 0 Å². The van der Waals surface area contributed by atoms with Gasteiger partial charge in [0.2, 0.25) is 0 Å². The Hall–Kier alpha value is -5.23. The van der Waals surface area contributed by atoms with Gasteiger partial charge in [-0.25, -0.2) is 15.0 Å². The predicted octanol–water partition coefficient (Wildman–Crippen LogP) is 11.3. The molecule has 0 unspecified atom stereocenters. The Morgan fingerprint density at radius 3 is 1.93 bits per heavy atom. The standard InChI is InChI=1S/C39H23N3S2/c1-2-9-24(10-3-1)25-17-18-27-22-29(20-19-26(27)21-25)37-40-38(42-39(41-37)35-23-28-11-4-6-15-33(28)43-35)32-14-8-13-31-30-12-5-7-16-34(30)44-36(31)32/h1-23H. The van der Waals surface area contributed by atoms with Crippen molar-refractivity contribution >= 4 is 63.7 Å². The van der Waals surface area contributed by atoms with Crippen LogP contribution in [0.25, 0.3) is 85.6 Å². The molecular formula is C39H23N3S2. The number of hydrogen-bond donors (Lipinski definition) is 0. The SMILES string of the molecule is c1ccc(-c2ccc3cc(-c4nc(-c5cc6ccccc6s5)nc(-c5cccc6c5sc5ccccc56)n4)ccc3c2)cc1. The van der Waals surface area contributed by atoms with Crippen molar-refractivity contribution in [2.75, 3.05) is 0 Å². The van der Waals surface area contributed by atoms with Gasteiger partial charge in [0.25, 0.3) is 0 Å². The molecule has 0 spiro atoms. The van der Waals surface area contributed by atoms with E-state index in [2.05, 4.69) is 133 Å². The summed E-state index contributed by atoms with van der Waals surface area (Å²) in [4.78, 5) is 16.4. The maximum atomic E-state index is 5.13. The predicted molar refractivity (Wildman–Crippen MR) is 187 cm³/mol. The van der Waals surface area contributed by atoms with Gasteiger partial charge in [0.05, 0.1) is 4.88 Å². The minimum Gasteiger partial charge on any atom is -0.208 e. The zero-order chi connectivity index (χ0) is 29.0. The van der Waals surface area contributed by atoms with Crippen LogP contribution in [0, 0.1) is 0 Å². The number of benzene rings is 6. The van der Waals surface area contributed by atoms with Crippen LogP contribution < -0.4 is 0 Å². The zero-order valence-corrected chi connectivity index (χ0v) is 25.1. The molecule has 44 heavy (non-hydrogen) atoms. The van der Waals surface area contributed by atoms with E-state index in [9.17, 15) is 0 Å². The number of aromatic nitrogens is 3. The maximum absolute atomic E-state index is 5.13. The molecule has 0 aliphatic heterocycles. The third-order valence-electron chi connectivity index (χ3n) is 8.13. The van der Waals surface area contributed by atoms with Gasteiger partial charge in [0.15, 0.2) is 17.5 Å². The Balaban J connectivity index is 1.24. The lowest BCUT2D eigenvalue weighted by molar-refractivity contribution is 1.08. The number of hydrogen-bond acceptors (Lipinski definition) is 5. The maximum Gasteiger partial charge on any atom is 0.174 e. The molecule has 0 fully saturated rings. The van der Waals surface area contributed by atoms with Crippen LogP contribution in [0.2, 0.25) is 0 Å². The molecule has 6 aromatic carbocycles. The van der Waals surface area contributed by atoms with E-state index in [4.69, 9.17) is 15.0 Å². The minimum atomic E-state index is 0.676. The van der Waals surface area contributed by atoms with E-state index in [1.807, 2.05) is 6.07 Å². The molecule has 9 rings (SSSR count). The van der Waals surface area contributed by atoms with Crippen LogP contribution in [0.15, 0.2) is 140 Å². The lowest BCUT2D eigenvalue weighted by Gasteiger charge is -2.09. The zero-order valence-electron chi connectivity index (χ0n) is 23.4. The first-order valence-electron chi connectivity index (χ1n) is 14.5. The molecule has 0 aliphatic rings. The average Bonchev–Trinajstić information content (AvgIpc) is 3.70. The fourth-order valence-corrected chi connectivity index (χ4v) is 8.15. The molecule has 9 aromatic rings. The summed E-state index contributed by atoms with van der Waals surface area (Å²) < 4.78 is 3.68. The van der Waals surface area contributed by atoms with Crippen LogP contribution in [0.4, 0.5) is 0 Å². The first-order chi connectivity index (χ1) is 21.8. The van der Waals surface area contributed by atoms with E-state index in [-0.39, 0.29) is 0 Å². The van der Waals surface area contributed by atoms with Gasteiger partial charge in [-0.3, -0.25) is 0 Å². The van der Waals surface area contributed by atoms with E-state index in [1.54, 1.807) is 22.7 Å². The van der Waals surface area contributed by atoms with Crippen molar-refractivity contribution in [3.8, 4) is 44.6 Å². The van der Waals surface area contributed by atoms with Crippen molar-refractivity contribution in [1.29, 1.82) is 0 Å². The fourth-order valence-electron chi connectivity index (χ4n) is 5.95. The number of fused-ring (bicyclic) bond motifs is 5. The summed E-state index contributed by atoms with van der Waals surface area (Å²) in [5, 5.41) is 6.03. The van der Waals surface area contributed by atoms with E-state index in [1.165, 1.54) is 46.8 Å². The topological polar surface area (TPSA) is 38.7 Å². The van der Waals surface area contributed by atoms with Crippen molar-refractivity contribution in [2.24, 2.45) is 0 Å². The molecule has 3 heterocycles. The van der Waals surface area contributed by atoms with Crippen molar-refractivity contribution < 1.29 is 0 Å². The van der Waals surface area contributed by atoms with Gasteiger partial charge < -0.3 is 0 Å². The highest BCUT2D eigenvalue weighted by Crippen LogP contribution is 2.40. The molecule has 0 N–H and O–H groups in total. The molecular weight excluding hydrogens is 575 g/mol. The Morgan fingerprint density at radius 1 is 0.386 bits per heavy atom. The van der Waals surface area contributed by atoms with E-state index < -0.39 is 0 Å². The first kappa shape index (κ1) is 25.3. The summed E-state index contributed by atoms with van der Waals surface area (Å²) in [5.41, 5.74) is 4.42. The molecule has 0 radical (unpaired) electrons. The monoisotopic (exact) mass is 597 g/mol. The van der Waals surface area contributed by atoms with Gasteiger partial charge >= 0.3 is 0 Å². The van der Waals surface area contributed by atoms with Crippen LogP contribution in [0.1, 0.15) is 0 Å². The lowest BCUT2D eigenvalue weighted by Crippen LogP contribution is -1.99. The molecule has 206 valence electrons. The van der Waals surface area contributed by atoms with Crippen molar-refractivity contribution in [3.63, 3.8) is 0 Å². The number of nitrogens with zero attached hydrogens (tertiary/aromatic N) is 3. The first-order valence-corrected chi connectivity index (χ1v) is 16.2. The van der Waals surface area contributed by atoms with E-state index >= 15 is 0 Å². The van der Waals surface area contributed by atoms with Crippen LogP contribution in [-0.2, 0) is 0 Å². The Kier molecular flexibility index (Phi) is 5.86. The molecule has 0 saturated heterocycles. The molecule has 3 aromatic heterocycles. The molecule has 0 bridgehead atoms. The van der Waals surface area contributed by atoms with Gasteiger partial charge in [0.1, 0.15) is 0 Å². The van der Waals surface area contributed by atoms with E-state index in [0.29, 0.717) is 17.5 Å². The highest BCUT2D eigenvalue weighted by molar-refractivity contribution is 7.26. The van der Waals surface area contributed by atoms with Crippen molar-refractivity contribution in [2.45, 2.75) is 0 Å². The molecule has 0 amide bonds. The lowest BCUT2D eigenvalue weighted by atomic mass is 10.00. The summed E-state index contributed by atoms with van der Waals surface area (Å²) in [6, 6.07) is 49.3. The number of thiophene rings is 2. The average molecular weight is 598 g/mol. The van der Waals surface area contributed by atoms with Gasteiger partial charge in [-0.1, -0.05) is 103 Å². The van der Waals surface area contributed by atoms with Crippen LogP contribution in [-0.4, -0.2) is 15.0 Å². The summed E-state index contributed by atoms with van der Waals surface area (Å²) in [6.45, 7) is 0. The normalized spacial score (nSPS) is 11.6. The summed E-state index contributed by atoms with van der Waals surface area (Å²) >= 11 is 3.51. The third-order valence-corrected chi connectivity index (χ3v) is 10.5. The third kappa shape index (κ3) is 4.29. The Morgan fingerprint density at radius 2 is 1.07 bits per heavy atom. The van der Waals surface area contributed by atoms with Crippen molar-refractivity contribution in [3.05, 3.63) is 140 Å². The van der Waals surface area contributed by atoms with Crippen LogP contribution >= 0.6 is 22.7 Å². The minimum absolute atomic E-state index is 0.676. The van der Waals surface area contributed by atoms with E-state index in [0.717, 1.165) is 21.4 Å². The Bertz CT molecular complexity index is 2480. The molecule has 0 aliphatic carbocycles. The molecule has 0 atom stereocenters. The van der Waals surface area contributed by atoms with Crippen LogP contribution in [0.5, 0.6) is 0 Å². The van der Waals surface area contributed by atoms with Gasteiger partial charge in [-0.05, 0) is 63.7 Å². The second-order valence-electron chi connectivity index (χ2n) is 10.9. The number of rotatable bonds is 4. The second-order valence-corrected chi connectivity index (χ2v) is 13.0. The Labute approximate surface area is 261 Å². The van der Waals surface area contributed by atoms with Crippen LogP contribution in [0.3, 0.4) is 0 Å². The smallest absolute Gasteiger partial charge is 0.174 e. The molecule has 5 heteroatoms. The van der Waals surface area contributed by atoms with Gasteiger partial charge in [0, 0.05) is 36.0 Å². The summed E-state index contributed by atoms with van der Waals surface area (Å²) in [6.07, 6.45) is 0. The quantitative estimate of drug-likeness (QED) is 0.203. The second kappa shape index (κ2) is 10.2. The molecule has 3 nitrogen and oxygen atoms in total. The van der Waals surface area contributed by atoms with Crippen molar-refractivity contribution in [1.82, 2.24) is 15.0 Å². The largest absolute Gasteiger partial charge is 0.208 e. The summed E-state index contributed by atoms with van der Waals surface area (Å²) in [5.74, 6) is 2.07. The fraction of sp³-hybridized carbons (Fsp3) is 0.